The maximum Gasteiger partial charge on any atom is 0.0122 e. The van der Waals surface area contributed by atoms with Gasteiger partial charge < -0.3 is 10.2 Å². The lowest BCUT2D eigenvalue weighted by Gasteiger charge is -2.42. The molecule has 2 unspecified atom stereocenters. The number of rotatable bonds is 3. The van der Waals surface area contributed by atoms with Crippen LogP contribution in [0.15, 0.2) is 0 Å². The highest BCUT2D eigenvalue weighted by molar-refractivity contribution is 4.86. The van der Waals surface area contributed by atoms with Gasteiger partial charge in [0.05, 0.1) is 0 Å². The molecule has 0 aromatic carbocycles. The van der Waals surface area contributed by atoms with Crippen molar-refractivity contribution in [2.24, 2.45) is 5.92 Å². The first-order valence-corrected chi connectivity index (χ1v) is 7.66. The fourth-order valence-corrected chi connectivity index (χ4v) is 3.73. The van der Waals surface area contributed by atoms with Crippen LogP contribution in [0.2, 0.25) is 0 Å². The van der Waals surface area contributed by atoms with E-state index in [2.05, 4.69) is 31.1 Å². The highest BCUT2D eigenvalue weighted by Crippen LogP contribution is 2.31. The van der Waals surface area contributed by atoms with E-state index in [1.807, 2.05) is 0 Å². The number of piperidine rings is 1. The number of nitrogens with one attached hydrogen (secondary N) is 1. The minimum Gasteiger partial charge on any atom is -0.314 e. The normalized spacial score (nSPS) is 39.5. The van der Waals surface area contributed by atoms with Crippen LogP contribution in [0.4, 0.5) is 0 Å². The number of hydrogen-bond donors (Lipinski definition) is 1. The van der Waals surface area contributed by atoms with Gasteiger partial charge in [0.1, 0.15) is 0 Å². The molecule has 2 aliphatic rings. The molecule has 0 spiro atoms. The van der Waals surface area contributed by atoms with Crippen LogP contribution in [-0.2, 0) is 0 Å². The fraction of sp³-hybridized carbons (Fsp3) is 1.00. The second-order valence-corrected chi connectivity index (χ2v) is 6.28. The summed E-state index contributed by atoms with van der Waals surface area (Å²) in [7, 11) is 2.37. The van der Waals surface area contributed by atoms with Crippen molar-refractivity contribution in [3.05, 3.63) is 0 Å². The molecule has 1 N–H and O–H groups in total. The molecule has 1 aliphatic carbocycles. The average molecular weight is 238 g/mol. The van der Waals surface area contributed by atoms with E-state index in [0.29, 0.717) is 6.04 Å². The summed E-state index contributed by atoms with van der Waals surface area (Å²) in [5.74, 6) is 1.02. The molecule has 0 amide bonds. The summed E-state index contributed by atoms with van der Waals surface area (Å²) in [4.78, 5) is 2.71. The third kappa shape index (κ3) is 3.45. The fourth-order valence-electron chi connectivity index (χ4n) is 3.73. The summed E-state index contributed by atoms with van der Waals surface area (Å²) < 4.78 is 0. The molecule has 1 saturated carbocycles. The van der Waals surface area contributed by atoms with Crippen molar-refractivity contribution < 1.29 is 0 Å². The topological polar surface area (TPSA) is 15.3 Å². The van der Waals surface area contributed by atoms with Gasteiger partial charge in [-0.2, -0.15) is 0 Å². The van der Waals surface area contributed by atoms with Crippen molar-refractivity contribution in [2.75, 3.05) is 13.6 Å². The van der Waals surface area contributed by atoms with Crippen molar-refractivity contribution in [3.63, 3.8) is 0 Å². The van der Waals surface area contributed by atoms with Crippen molar-refractivity contribution >= 4 is 0 Å². The zero-order valence-electron chi connectivity index (χ0n) is 11.9. The van der Waals surface area contributed by atoms with Gasteiger partial charge in [0.15, 0.2) is 0 Å². The monoisotopic (exact) mass is 238 g/mol. The van der Waals surface area contributed by atoms with Crippen LogP contribution in [0.3, 0.4) is 0 Å². The number of hydrogen-bond acceptors (Lipinski definition) is 2. The molecule has 2 heteroatoms. The Labute approximate surface area is 107 Å². The lowest BCUT2D eigenvalue weighted by atomic mass is 9.83. The zero-order valence-corrected chi connectivity index (χ0v) is 11.9. The third-order valence-electron chi connectivity index (χ3n) is 5.14. The van der Waals surface area contributed by atoms with Crippen LogP contribution < -0.4 is 5.32 Å². The van der Waals surface area contributed by atoms with Gasteiger partial charge in [0, 0.05) is 18.1 Å². The predicted octanol–water partition coefficient (Wildman–Crippen LogP) is 3.03. The molecule has 17 heavy (non-hydrogen) atoms. The second-order valence-electron chi connectivity index (χ2n) is 6.28. The van der Waals surface area contributed by atoms with E-state index in [1.54, 1.807) is 0 Å². The van der Waals surface area contributed by atoms with Gasteiger partial charge >= 0.3 is 0 Å². The Bertz CT molecular complexity index is 221. The quantitative estimate of drug-likeness (QED) is 0.813. The van der Waals surface area contributed by atoms with Crippen molar-refractivity contribution in [2.45, 2.75) is 76.9 Å². The molecule has 2 atom stereocenters. The van der Waals surface area contributed by atoms with Crippen LogP contribution in [0.5, 0.6) is 0 Å². The van der Waals surface area contributed by atoms with Crippen LogP contribution in [0.25, 0.3) is 0 Å². The van der Waals surface area contributed by atoms with Gasteiger partial charge in [-0.15, -0.1) is 0 Å². The van der Waals surface area contributed by atoms with Crippen molar-refractivity contribution in [1.82, 2.24) is 10.2 Å². The first-order chi connectivity index (χ1) is 8.20. The van der Waals surface area contributed by atoms with E-state index in [4.69, 9.17) is 0 Å². The molecular formula is C15H30N2. The molecular weight excluding hydrogens is 208 g/mol. The molecule has 100 valence electrons. The smallest absolute Gasteiger partial charge is 0.0122 e. The molecule has 2 fully saturated rings. The van der Waals surface area contributed by atoms with Gasteiger partial charge in [0.25, 0.3) is 0 Å². The van der Waals surface area contributed by atoms with E-state index < -0.39 is 0 Å². The zero-order chi connectivity index (χ0) is 12.3. The van der Waals surface area contributed by atoms with E-state index in [9.17, 15) is 0 Å². The Balaban J connectivity index is 1.81. The van der Waals surface area contributed by atoms with Crippen LogP contribution in [0.1, 0.15) is 58.8 Å². The summed E-state index contributed by atoms with van der Waals surface area (Å²) in [6.45, 7) is 5.89. The molecule has 1 saturated heterocycles. The Hall–Kier alpha value is -0.0800. The molecule has 1 heterocycles. The Morgan fingerprint density at radius 1 is 1.06 bits per heavy atom. The van der Waals surface area contributed by atoms with Gasteiger partial charge in [-0.3, -0.25) is 0 Å². The summed E-state index contributed by atoms with van der Waals surface area (Å²) in [5, 5.41) is 3.56. The molecule has 0 bridgehead atoms. The summed E-state index contributed by atoms with van der Waals surface area (Å²) in [6, 6.07) is 2.41. The molecule has 1 aliphatic heterocycles. The number of nitrogens with zero attached hydrogens (tertiary/aromatic N) is 1. The van der Waals surface area contributed by atoms with Crippen LogP contribution in [-0.4, -0.2) is 36.6 Å². The lowest BCUT2D eigenvalue weighted by molar-refractivity contribution is 0.0923. The van der Waals surface area contributed by atoms with Gasteiger partial charge in [-0.25, -0.2) is 0 Å². The van der Waals surface area contributed by atoms with E-state index in [0.717, 1.165) is 18.0 Å². The largest absolute Gasteiger partial charge is 0.314 e. The minimum atomic E-state index is 0.711. The summed E-state index contributed by atoms with van der Waals surface area (Å²) in [5.41, 5.74) is 0. The highest BCUT2D eigenvalue weighted by Gasteiger charge is 2.29. The first kappa shape index (κ1) is 13.4. The minimum absolute atomic E-state index is 0.711. The van der Waals surface area contributed by atoms with Crippen LogP contribution in [0, 0.1) is 5.92 Å². The first-order valence-electron chi connectivity index (χ1n) is 7.66. The SMILES string of the molecule is CCC1CCC(N(C)C2CCNC(C)C2)CC1. The predicted molar refractivity (Wildman–Crippen MR) is 74.3 cm³/mol. The molecule has 0 aromatic rings. The maximum absolute atomic E-state index is 3.56. The standard InChI is InChI=1S/C15H30N2/c1-4-13-5-7-14(8-6-13)17(3)15-9-10-16-12(2)11-15/h12-16H,4-11H2,1-3H3. The highest BCUT2D eigenvalue weighted by atomic mass is 15.2. The molecule has 0 radical (unpaired) electrons. The Morgan fingerprint density at radius 2 is 1.76 bits per heavy atom. The van der Waals surface area contributed by atoms with Gasteiger partial charge in [-0.1, -0.05) is 13.3 Å². The van der Waals surface area contributed by atoms with Crippen LogP contribution >= 0.6 is 0 Å². The maximum atomic E-state index is 3.56. The molecule has 2 nitrogen and oxygen atoms in total. The van der Waals surface area contributed by atoms with Gasteiger partial charge in [-0.05, 0) is 65.0 Å². The molecule has 0 aromatic heterocycles. The lowest BCUT2D eigenvalue weighted by Crippen LogP contribution is -2.49. The Kier molecular flexibility index (Phi) is 4.87. The van der Waals surface area contributed by atoms with E-state index >= 15 is 0 Å². The third-order valence-corrected chi connectivity index (χ3v) is 5.14. The van der Waals surface area contributed by atoms with Gasteiger partial charge in [0.2, 0.25) is 0 Å². The summed E-state index contributed by atoms with van der Waals surface area (Å²) >= 11 is 0. The van der Waals surface area contributed by atoms with Crippen molar-refractivity contribution in [3.8, 4) is 0 Å². The molecule has 2 rings (SSSR count). The summed E-state index contributed by atoms with van der Waals surface area (Å²) in [6.07, 6.45) is 9.87. The van der Waals surface area contributed by atoms with E-state index in [1.165, 1.54) is 51.5 Å². The van der Waals surface area contributed by atoms with Crippen molar-refractivity contribution in [1.29, 1.82) is 0 Å². The van der Waals surface area contributed by atoms with E-state index in [-0.39, 0.29) is 0 Å². The second kappa shape index (κ2) is 6.19. The average Bonchev–Trinajstić information content (AvgIpc) is 2.38. The Morgan fingerprint density at radius 3 is 2.35 bits per heavy atom.